The van der Waals surface area contributed by atoms with E-state index < -0.39 is 0 Å². The fraction of sp³-hybridized carbons (Fsp3) is 0.429. The van der Waals surface area contributed by atoms with Gasteiger partial charge in [0.15, 0.2) is 0 Å². The van der Waals surface area contributed by atoms with Crippen LogP contribution in [0.1, 0.15) is 0 Å². The number of anilines is 2. The predicted octanol–water partition coefficient (Wildman–Crippen LogP) is 0.912. The van der Waals surface area contributed by atoms with Gasteiger partial charge in [-0.2, -0.15) is 0 Å². The molecule has 120 valence electrons. The van der Waals surface area contributed by atoms with Crippen molar-refractivity contribution in [1.29, 1.82) is 0 Å². The average molecular weight is 372 g/mol. The van der Waals surface area contributed by atoms with Gasteiger partial charge in [-0.05, 0) is 24.3 Å². The van der Waals surface area contributed by atoms with Crippen molar-refractivity contribution in [3.05, 3.63) is 24.3 Å². The molecule has 2 heterocycles. The van der Waals surface area contributed by atoms with Gasteiger partial charge in [0.2, 0.25) is 0 Å². The standard InChI is InChI=1S/C14H17N3O4.BrH/c15-7-12-8-17(14(19)21-12)11-3-1-10(2-4-11)16-5-6-20-9-13(16)18;/h1-4,12H,5-9,15H2;1H/t12-;/m0./s1. The molecule has 2 aliphatic rings. The Hall–Kier alpha value is -1.64. The van der Waals surface area contributed by atoms with E-state index in [9.17, 15) is 9.59 Å². The number of carbonyl (C=O) groups excluding carboxylic acids is 2. The number of carbonyl (C=O) groups is 2. The van der Waals surface area contributed by atoms with Gasteiger partial charge in [-0.3, -0.25) is 9.69 Å². The monoisotopic (exact) mass is 371 g/mol. The Morgan fingerprint density at radius 2 is 1.77 bits per heavy atom. The molecule has 0 aliphatic carbocycles. The highest BCUT2D eigenvalue weighted by atomic mass is 79.9. The van der Waals surface area contributed by atoms with Crippen LogP contribution in [-0.2, 0) is 14.3 Å². The second kappa shape index (κ2) is 7.08. The van der Waals surface area contributed by atoms with Crippen molar-refractivity contribution in [2.45, 2.75) is 6.10 Å². The molecule has 2 saturated heterocycles. The van der Waals surface area contributed by atoms with Gasteiger partial charge in [0, 0.05) is 24.5 Å². The fourth-order valence-corrected chi connectivity index (χ4v) is 2.46. The largest absolute Gasteiger partial charge is 0.443 e. The highest BCUT2D eigenvalue weighted by Gasteiger charge is 2.31. The number of halogens is 1. The lowest BCUT2D eigenvalue weighted by Gasteiger charge is -2.27. The smallest absolute Gasteiger partial charge is 0.414 e. The molecule has 0 aromatic heterocycles. The topological polar surface area (TPSA) is 85.1 Å². The third-order valence-corrected chi connectivity index (χ3v) is 3.60. The summed E-state index contributed by atoms with van der Waals surface area (Å²) in [6, 6.07) is 7.25. The Kier molecular flexibility index (Phi) is 5.38. The first-order valence-corrected chi connectivity index (χ1v) is 6.85. The van der Waals surface area contributed by atoms with E-state index in [0.29, 0.717) is 26.2 Å². The lowest BCUT2D eigenvalue weighted by atomic mass is 10.2. The molecular formula is C14H18BrN3O4. The Balaban J connectivity index is 0.00000176. The van der Waals surface area contributed by atoms with Gasteiger partial charge >= 0.3 is 6.09 Å². The molecule has 8 heteroatoms. The summed E-state index contributed by atoms with van der Waals surface area (Å²) >= 11 is 0. The molecule has 7 nitrogen and oxygen atoms in total. The summed E-state index contributed by atoms with van der Waals surface area (Å²) in [6.45, 7) is 1.94. The molecule has 22 heavy (non-hydrogen) atoms. The minimum atomic E-state index is -0.388. The first kappa shape index (κ1) is 16.7. The van der Waals surface area contributed by atoms with Crippen LogP contribution in [0.4, 0.5) is 16.2 Å². The molecular weight excluding hydrogens is 354 g/mol. The van der Waals surface area contributed by atoms with Gasteiger partial charge in [-0.1, -0.05) is 0 Å². The van der Waals surface area contributed by atoms with Gasteiger partial charge in [0.05, 0.1) is 13.2 Å². The highest BCUT2D eigenvalue weighted by molar-refractivity contribution is 8.93. The maximum absolute atomic E-state index is 11.8. The van der Waals surface area contributed by atoms with Crippen LogP contribution in [-0.4, -0.2) is 51.0 Å². The van der Waals surface area contributed by atoms with E-state index in [1.165, 1.54) is 0 Å². The molecule has 0 bridgehead atoms. The molecule has 0 spiro atoms. The summed E-state index contributed by atoms with van der Waals surface area (Å²) in [6.07, 6.45) is -0.654. The highest BCUT2D eigenvalue weighted by Crippen LogP contribution is 2.25. The van der Waals surface area contributed by atoms with Crippen molar-refractivity contribution in [3.8, 4) is 0 Å². The van der Waals surface area contributed by atoms with E-state index in [0.717, 1.165) is 11.4 Å². The lowest BCUT2D eigenvalue weighted by molar-refractivity contribution is -0.125. The first-order chi connectivity index (χ1) is 10.2. The van der Waals surface area contributed by atoms with Crippen molar-refractivity contribution >= 4 is 40.4 Å². The summed E-state index contributed by atoms with van der Waals surface area (Å²) in [7, 11) is 0. The van der Waals surface area contributed by atoms with Crippen molar-refractivity contribution in [1.82, 2.24) is 0 Å². The quantitative estimate of drug-likeness (QED) is 0.853. The molecule has 1 aromatic carbocycles. The van der Waals surface area contributed by atoms with E-state index in [-0.39, 0.29) is 41.7 Å². The Morgan fingerprint density at radius 3 is 2.32 bits per heavy atom. The number of cyclic esters (lactones) is 1. The Bertz CT molecular complexity index is 552. The number of nitrogens with two attached hydrogens (primary N) is 1. The molecule has 0 radical (unpaired) electrons. The van der Waals surface area contributed by atoms with Crippen LogP contribution in [0.5, 0.6) is 0 Å². The second-order valence-electron chi connectivity index (χ2n) is 4.97. The molecule has 2 N–H and O–H groups in total. The maximum Gasteiger partial charge on any atom is 0.414 e. The lowest BCUT2D eigenvalue weighted by Crippen LogP contribution is -2.41. The predicted molar refractivity (Wildman–Crippen MR) is 86.6 cm³/mol. The summed E-state index contributed by atoms with van der Waals surface area (Å²) in [5, 5.41) is 0. The van der Waals surface area contributed by atoms with E-state index in [1.807, 2.05) is 12.1 Å². The van der Waals surface area contributed by atoms with E-state index in [2.05, 4.69) is 0 Å². The first-order valence-electron chi connectivity index (χ1n) is 6.85. The zero-order valence-electron chi connectivity index (χ0n) is 11.9. The third-order valence-electron chi connectivity index (χ3n) is 3.60. The van der Waals surface area contributed by atoms with Crippen LogP contribution >= 0.6 is 17.0 Å². The Labute approximate surface area is 138 Å². The number of hydrogen-bond donors (Lipinski definition) is 1. The number of amides is 2. The van der Waals surface area contributed by atoms with E-state index in [4.69, 9.17) is 15.2 Å². The summed E-state index contributed by atoms with van der Waals surface area (Å²) < 4.78 is 10.2. The van der Waals surface area contributed by atoms with Crippen molar-refractivity contribution in [3.63, 3.8) is 0 Å². The number of nitrogens with zero attached hydrogens (tertiary/aromatic N) is 2. The second-order valence-corrected chi connectivity index (χ2v) is 4.97. The van der Waals surface area contributed by atoms with Crippen molar-refractivity contribution in [2.75, 3.05) is 42.6 Å². The zero-order valence-corrected chi connectivity index (χ0v) is 13.6. The number of rotatable bonds is 3. The fourth-order valence-electron chi connectivity index (χ4n) is 2.46. The summed E-state index contributed by atoms with van der Waals surface area (Å²) in [5.41, 5.74) is 7.05. The summed E-state index contributed by atoms with van der Waals surface area (Å²) in [4.78, 5) is 26.7. The zero-order chi connectivity index (χ0) is 14.8. The van der Waals surface area contributed by atoms with E-state index >= 15 is 0 Å². The van der Waals surface area contributed by atoms with E-state index in [1.54, 1.807) is 21.9 Å². The number of hydrogen-bond acceptors (Lipinski definition) is 5. The normalized spacial score (nSPS) is 21.6. The molecule has 2 fully saturated rings. The minimum absolute atomic E-state index is 0. The molecule has 0 unspecified atom stereocenters. The van der Waals surface area contributed by atoms with Crippen LogP contribution in [0.25, 0.3) is 0 Å². The van der Waals surface area contributed by atoms with Crippen LogP contribution in [0.2, 0.25) is 0 Å². The van der Waals surface area contributed by atoms with Gasteiger partial charge < -0.3 is 20.1 Å². The molecule has 1 atom stereocenters. The van der Waals surface area contributed by atoms with Crippen molar-refractivity contribution in [2.24, 2.45) is 5.73 Å². The number of benzene rings is 1. The van der Waals surface area contributed by atoms with Gasteiger partial charge in [0.1, 0.15) is 12.7 Å². The van der Waals surface area contributed by atoms with Gasteiger partial charge in [0.25, 0.3) is 5.91 Å². The van der Waals surface area contributed by atoms with Crippen LogP contribution < -0.4 is 15.5 Å². The average Bonchev–Trinajstić information content (AvgIpc) is 2.89. The molecule has 0 saturated carbocycles. The number of morpholine rings is 1. The molecule has 2 amide bonds. The maximum atomic E-state index is 11.8. The molecule has 2 aliphatic heterocycles. The van der Waals surface area contributed by atoms with Gasteiger partial charge in [-0.15, -0.1) is 17.0 Å². The third kappa shape index (κ3) is 3.23. The van der Waals surface area contributed by atoms with Gasteiger partial charge in [-0.25, -0.2) is 4.79 Å². The van der Waals surface area contributed by atoms with Crippen LogP contribution in [0.3, 0.4) is 0 Å². The minimum Gasteiger partial charge on any atom is -0.443 e. The Morgan fingerprint density at radius 1 is 1.14 bits per heavy atom. The van der Waals surface area contributed by atoms with Crippen LogP contribution in [0.15, 0.2) is 24.3 Å². The number of ether oxygens (including phenoxy) is 2. The molecule has 3 rings (SSSR count). The van der Waals surface area contributed by atoms with Crippen molar-refractivity contribution < 1.29 is 19.1 Å². The summed E-state index contributed by atoms with van der Waals surface area (Å²) in [5.74, 6) is -0.0576. The SMILES string of the molecule is Br.NC[C@H]1CN(c2ccc(N3CCOCC3=O)cc2)C(=O)O1. The molecule has 1 aromatic rings. The van der Waals surface area contributed by atoms with Crippen LogP contribution in [0, 0.1) is 0 Å².